The third-order valence-electron chi connectivity index (χ3n) is 3.26. The van der Waals surface area contributed by atoms with Crippen LogP contribution in [0.5, 0.6) is 5.75 Å². The quantitative estimate of drug-likeness (QED) is 0.590. The monoisotopic (exact) mass is 259 g/mol. The maximum atomic E-state index is 11.8. The van der Waals surface area contributed by atoms with Gasteiger partial charge in [-0.15, -0.1) is 0 Å². The van der Waals surface area contributed by atoms with Crippen molar-refractivity contribution in [3.8, 4) is 5.75 Å². The number of unbranched alkanes of at least 4 members (excludes halogenated alkanes) is 4. The number of para-hydroxylation sites is 1. The van der Waals surface area contributed by atoms with Gasteiger partial charge in [0.05, 0.1) is 0 Å². The normalized spacial score (nSPS) is 10.8. The SMILES string of the molecule is CCCCCCCC(=O)Oc1c[nH]c2ccccc12. The standard InChI is InChI=1S/C16H21NO2/c1-2-3-4-5-6-11-16(18)19-15-12-17-14-10-8-7-9-13(14)15/h7-10,12,17H,2-6,11H2,1H3. The van der Waals surface area contributed by atoms with Gasteiger partial charge >= 0.3 is 5.97 Å². The minimum absolute atomic E-state index is 0.138. The molecule has 2 aromatic rings. The molecule has 3 nitrogen and oxygen atoms in total. The van der Waals surface area contributed by atoms with Gasteiger partial charge in [0.1, 0.15) is 0 Å². The van der Waals surface area contributed by atoms with E-state index in [1.807, 2.05) is 24.3 Å². The molecule has 0 saturated heterocycles. The van der Waals surface area contributed by atoms with Crippen molar-refractivity contribution < 1.29 is 9.53 Å². The van der Waals surface area contributed by atoms with Crippen LogP contribution in [-0.4, -0.2) is 11.0 Å². The molecule has 0 atom stereocenters. The van der Waals surface area contributed by atoms with Crippen LogP contribution in [0.2, 0.25) is 0 Å². The zero-order chi connectivity index (χ0) is 13.5. The minimum atomic E-state index is -0.138. The molecule has 0 aliphatic rings. The van der Waals surface area contributed by atoms with Gasteiger partial charge in [-0.3, -0.25) is 4.79 Å². The third-order valence-corrected chi connectivity index (χ3v) is 3.26. The average Bonchev–Trinajstić information content (AvgIpc) is 2.82. The van der Waals surface area contributed by atoms with Gasteiger partial charge in [0.15, 0.2) is 5.75 Å². The lowest BCUT2D eigenvalue weighted by Gasteiger charge is -2.03. The van der Waals surface area contributed by atoms with Gasteiger partial charge in [0.2, 0.25) is 0 Å². The van der Waals surface area contributed by atoms with Gasteiger partial charge < -0.3 is 9.72 Å². The molecule has 3 heteroatoms. The summed E-state index contributed by atoms with van der Waals surface area (Å²) in [7, 11) is 0. The van der Waals surface area contributed by atoms with Crippen LogP contribution in [0.1, 0.15) is 45.4 Å². The zero-order valence-corrected chi connectivity index (χ0v) is 11.4. The number of benzene rings is 1. The van der Waals surface area contributed by atoms with Gasteiger partial charge in [0.25, 0.3) is 0 Å². The Morgan fingerprint density at radius 3 is 2.79 bits per heavy atom. The highest BCUT2D eigenvalue weighted by atomic mass is 16.5. The van der Waals surface area contributed by atoms with Gasteiger partial charge in [-0.05, 0) is 18.6 Å². The predicted octanol–water partition coefficient (Wildman–Crippen LogP) is 4.43. The van der Waals surface area contributed by atoms with Gasteiger partial charge in [-0.25, -0.2) is 0 Å². The molecule has 0 bridgehead atoms. The summed E-state index contributed by atoms with van der Waals surface area (Å²) in [6, 6.07) is 7.82. The van der Waals surface area contributed by atoms with Crippen molar-refractivity contribution in [2.75, 3.05) is 0 Å². The van der Waals surface area contributed by atoms with Crippen LogP contribution in [0.25, 0.3) is 10.9 Å². The molecule has 2 rings (SSSR count). The lowest BCUT2D eigenvalue weighted by Crippen LogP contribution is -2.07. The Hall–Kier alpha value is -1.77. The van der Waals surface area contributed by atoms with E-state index in [0.717, 1.165) is 23.7 Å². The van der Waals surface area contributed by atoms with Gasteiger partial charge in [0, 0.05) is 23.5 Å². The Morgan fingerprint density at radius 2 is 1.95 bits per heavy atom. The van der Waals surface area contributed by atoms with Crippen molar-refractivity contribution in [3.05, 3.63) is 30.5 Å². The molecule has 19 heavy (non-hydrogen) atoms. The fourth-order valence-electron chi connectivity index (χ4n) is 2.18. The second kappa shape index (κ2) is 6.98. The summed E-state index contributed by atoms with van der Waals surface area (Å²) in [4.78, 5) is 14.9. The first kappa shape index (κ1) is 13.7. The minimum Gasteiger partial charge on any atom is -0.424 e. The van der Waals surface area contributed by atoms with Crippen molar-refractivity contribution in [1.82, 2.24) is 4.98 Å². The smallest absolute Gasteiger partial charge is 0.311 e. The maximum absolute atomic E-state index is 11.8. The zero-order valence-electron chi connectivity index (χ0n) is 11.4. The second-order valence-electron chi connectivity index (χ2n) is 4.84. The molecule has 102 valence electrons. The van der Waals surface area contributed by atoms with Crippen molar-refractivity contribution >= 4 is 16.9 Å². The molecule has 0 amide bonds. The number of nitrogens with one attached hydrogen (secondary N) is 1. The summed E-state index contributed by atoms with van der Waals surface area (Å²) in [5.74, 6) is 0.496. The third kappa shape index (κ3) is 3.85. The summed E-state index contributed by atoms with van der Waals surface area (Å²) in [6.45, 7) is 2.19. The molecule has 0 aliphatic heterocycles. The molecule has 0 aliphatic carbocycles. The topological polar surface area (TPSA) is 42.1 Å². The summed E-state index contributed by atoms with van der Waals surface area (Å²) < 4.78 is 5.40. The largest absolute Gasteiger partial charge is 0.424 e. The van der Waals surface area contributed by atoms with E-state index in [1.165, 1.54) is 19.3 Å². The Kier molecular flexibility index (Phi) is 5.01. The van der Waals surface area contributed by atoms with Crippen LogP contribution in [-0.2, 0) is 4.79 Å². The van der Waals surface area contributed by atoms with Gasteiger partial charge in [-0.2, -0.15) is 0 Å². The first-order valence-corrected chi connectivity index (χ1v) is 7.08. The fourth-order valence-corrected chi connectivity index (χ4v) is 2.18. The van der Waals surface area contributed by atoms with Crippen molar-refractivity contribution in [3.63, 3.8) is 0 Å². The average molecular weight is 259 g/mol. The van der Waals surface area contributed by atoms with Crippen LogP contribution >= 0.6 is 0 Å². The number of H-pyrrole nitrogens is 1. The number of aromatic amines is 1. The van der Waals surface area contributed by atoms with Crippen LogP contribution in [0.15, 0.2) is 30.5 Å². The number of hydrogen-bond acceptors (Lipinski definition) is 2. The number of aromatic nitrogens is 1. The van der Waals surface area contributed by atoms with E-state index in [2.05, 4.69) is 11.9 Å². The van der Waals surface area contributed by atoms with Crippen molar-refractivity contribution in [2.45, 2.75) is 45.4 Å². The predicted molar refractivity (Wildman–Crippen MR) is 77.3 cm³/mol. The molecule has 0 saturated carbocycles. The van der Waals surface area contributed by atoms with Crippen LogP contribution in [0, 0.1) is 0 Å². The van der Waals surface area contributed by atoms with E-state index >= 15 is 0 Å². The Labute approximate surface area is 114 Å². The highest BCUT2D eigenvalue weighted by Gasteiger charge is 2.09. The van der Waals surface area contributed by atoms with E-state index < -0.39 is 0 Å². The van der Waals surface area contributed by atoms with E-state index in [1.54, 1.807) is 6.20 Å². The molecule has 1 aromatic carbocycles. The first-order chi connectivity index (χ1) is 9.31. The molecular weight excluding hydrogens is 238 g/mol. The maximum Gasteiger partial charge on any atom is 0.311 e. The number of esters is 1. The molecule has 0 spiro atoms. The van der Waals surface area contributed by atoms with Crippen LogP contribution in [0.3, 0.4) is 0 Å². The highest BCUT2D eigenvalue weighted by molar-refractivity contribution is 5.88. The molecule has 0 fully saturated rings. The molecule has 0 unspecified atom stereocenters. The molecule has 1 aromatic heterocycles. The summed E-state index contributed by atoms with van der Waals surface area (Å²) >= 11 is 0. The number of ether oxygens (including phenoxy) is 1. The molecule has 0 radical (unpaired) electrons. The Balaban J connectivity index is 1.82. The number of hydrogen-bond donors (Lipinski definition) is 1. The summed E-state index contributed by atoms with van der Waals surface area (Å²) in [5, 5.41) is 0.960. The Morgan fingerprint density at radius 1 is 1.16 bits per heavy atom. The molecule has 1 N–H and O–H groups in total. The van der Waals surface area contributed by atoms with Crippen molar-refractivity contribution in [1.29, 1.82) is 0 Å². The van der Waals surface area contributed by atoms with Crippen molar-refractivity contribution in [2.24, 2.45) is 0 Å². The molecule has 1 heterocycles. The summed E-state index contributed by atoms with van der Waals surface area (Å²) in [6.07, 6.45) is 7.95. The Bertz CT molecular complexity index is 530. The highest BCUT2D eigenvalue weighted by Crippen LogP contribution is 2.25. The van der Waals surface area contributed by atoms with E-state index in [4.69, 9.17) is 4.74 Å². The first-order valence-electron chi connectivity index (χ1n) is 7.08. The van der Waals surface area contributed by atoms with E-state index in [-0.39, 0.29) is 5.97 Å². The number of fused-ring (bicyclic) bond motifs is 1. The molecular formula is C16H21NO2. The van der Waals surface area contributed by atoms with Gasteiger partial charge in [-0.1, -0.05) is 44.7 Å². The summed E-state index contributed by atoms with van der Waals surface area (Å²) in [5.41, 5.74) is 0.994. The lowest BCUT2D eigenvalue weighted by molar-refractivity contribution is -0.134. The van der Waals surface area contributed by atoms with Crippen LogP contribution in [0.4, 0.5) is 0 Å². The second-order valence-corrected chi connectivity index (χ2v) is 4.84. The number of carbonyl (C=O) groups is 1. The lowest BCUT2D eigenvalue weighted by atomic mass is 10.1. The number of rotatable bonds is 7. The van der Waals surface area contributed by atoms with E-state index in [0.29, 0.717) is 12.2 Å². The van der Waals surface area contributed by atoms with E-state index in [9.17, 15) is 4.79 Å². The number of carbonyl (C=O) groups excluding carboxylic acids is 1. The van der Waals surface area contributed by atoms with Crippen LogP contribution < -0.4 is 4.74 Å². The fraction of sp³-hybridized carbons (Fsp3) is 0.438.